The molecule has 3 heterocycles. The molecule has 0 aromatic carbocycles. The SMILES string of the molecule is CCNC(=NCc1c(C)nn(CCOC)c1C)N1CCN(c2ncccn2)CC1. The number of aromatic nitrogens is 4. The van der Waals surface area contributed by atoms with E-state index in [2.05, 4.69) is 44.0 Å². The van der Waals surface area contributed by atoms with Crippen molar-refractivity contribution in [3.63, 3.8) is 0 Å². The van der Waals surface area contributed by atoms with Crippen LogP contribution >= 0.6 is 0 Å². The largest absolute Gasteiger partial charge is 0.383 e. The van der Waals surface area contributed by atoms with Crippen LogP contribution in [0.2, 0.25) is 0 Å². The Morgan fingerprint density at radius 1 is 1.17 bits per heavy atom. The van der Waals surface area contributed by atoms with Gasteiger partial charge < -0.3 is 19.9 Å². The molecule has 1 fully saturated rings. The van der Waals surface area contributed by atoms with Crippen LogP contribution in [0, 0.1) is 13.8 Å². The van der Waals surface area contributed by atoms with Gasteiger partial charge in [0.2, 0.25) is 5.95 Å². The summed E-state index contributed by atoms with van der Waals surface area (Å²) in [5.41, 5.74) is 3.38. The fourth-order valence-corrected chi connectivity index (χ4v) is 3.51. The molecule has 0 spiro atoms. The highest BCUT2D eigenvalue weighted by Crippen LogP contribution is 2.15. The second-order valence-electron chi connectivity index (χ2n) is 7.06. The molecule has 0 atom stereocenters. The van der Waals surface area contributed by atoms with Crippen LogP contribution in [0.15, 0.2) is 23.5 Å². The molecule has 0 amide bonds. The van der Waals surface area contributed by atoms with Gasteiger partial charge in [-0.25, -0.2) is 15.0 Å². The van der Waals surface area contributed by atoms with E-state index in [1.165, 1.54) is 5.56 Å². The first kappa shape index (κ1) is 21.0. The molecule has 0 bridgehead atoms. The van der Waals surface area contributed by atoms with Crippen molar-refractivity contribution in [1.82, 2.24) is 30.0 Å². The molecule has 0 unspecified atom stereocenters. The minimum atomic E-state index is 0.620. The summed E-state index contributed by atoms with van der Waals surface area (Å²) < 4.78 is 7.19. The molecule has 29 heavy (non-hydrogen) atoms. The number of hydrogen-bond acceptors (Lipinski definition) is 6. The third-order valence-electron chi connectivity index (χ3n) is 5.17. The van der Waals surface area contributed by atoms with E-state index in [1.807, 2.05) is 17.7 Å². The molecular formula is C20H32N8O. The zero-order valence-corrected chi connectivity index (χ0v) is 17.9. The summed E-state index contributed by atoms with van der Waals surface area (Å²) in [6.07, 6.45) is 3.58. The summed E-state index contributed by atoms with van der Waals surface area (Å²) in [7, 11) is 1.71. The van der Waals surface area contributed by atoms with E-state index in [0.717, 1.165) is 62.6 Å². The molecule has 0 radical (unpaired) electrons. The van der Waals surface area contributed by atoms with Crippen molar-refractivity contribution in [2.24, 2.45) is 4.99 Å². The zero-order valence-electron chi connectivity index (χ0n) is 17.9. The number of piperazine rings is 1. The topological polar surface area (TPSA) is 83.7 Å². The lowest BCUT2D eigenvalue weighted by molar-refractivity contribution is 0.182. The predicted molar refractivity (Wildman–Crippen MR) is 114 cm³/mol. The molecule has 2 aromatic rings. The highest BCUT2D eigenvalue weighted by Gasteiger charge is 2.21. The van der Waals surface area contributed by atoms with E-state index in [0.29, 0.717) is 13.2 Å². The van der Waals surface area contributed by atoms with Crippen LogP contribution in [0.3, 0.4) is 0 Å². The number of nitrogens with one attached hydrogen (secondary N) is 1. The third-order valence-corrected chi connectivity index (χ3v) is 5.17. The highest BCUT2D eigenvalue weighted by atomic mass is 16.5. The minimum absolute atomic E-state index is 0.620. The van der Waals surface area contributed by atoms with Crippen molar-refractivity contribution in [2.45, 2.75) is 33.9 Å². The van der Waals surface area contributed by atoms with Gasteiger partial charge in [0, 0.05) is 63.5 Å². The monoisotopic (exact) mass is 400 g/mol. The first-order chi connectivity index (χ1) is 14.1. The second kappa shape index (κ2) is 10.2. The fraction of sp³-hybridized carbons (Fsp3) is 0.600. The minimum Gasteiger partial charge on any atom is -0.383 e. The van der Waals surface area contributed by atoms with Crippen LogP contribution in [-0.2, 0) is 17.8 Å². The van der Waals surface area contributed by atoms with Gasteiger partial charge in [-0.05, 0) is 26.8 Å². The number of guanidine groups is 1. The first-order valence-electron chi connectivity index (χ1n) is 10.2. The Balaban J connectivity index is 1.66. The molecule has 9 nitrogen and oxygen atoms in total. The first-order valence-corrected chi connectivity index (χ1v) is 10.2. The van der Waals surface area contributed by atoms with Gasteiger partial charge in [0.15, 0.2) is 5.96 Å². The van der Waals surface area contributed by atoms with Crippen molar-refractivity contribution in [3.05, 3.63) is 35.4 Å². The van der Waals surface area contributed by atoms with Crippen LogP contribution in [0.25, 0.3) is 0 Å². The molecule has 1 aliphatic heterocycles. The maximum Gasteiger partial charge on any atom is 0.225 e. The number of rotatable bonds is 7. The second-order valence-corrected chi connectivity index (χ2v) is 7.06. The van der Waals surface area contributed by atoms with Crippen LogP contribution < -0.4 is 10.2 Å². The summed E-state index contributed by atoms with van der Waals surface area (Å²) in [4.78, 5) is 18.2. The van der Waals surface area contributed by atoms with Gasteiger partial charge >= 0.3 is 0 Å². The number of aliphatic imine (C=N–C) groups is 1. The Hall–Kier alpha value is -2.68. The fourth-order valence-electron chi connectivity index (χ4n) is 3.51. The number of methoxy groups -OCH3 is 1. The number of aryl methyl sites for hydroxylation is 1. The lowest BCUT2D eigenvalue weighted by Gasteiger charge is -2.36. The van der Waals surface area contributed by atoms with Crippen molar-refractivity contribution >= 4 is 11.9 Å². The Morgan fingerprint density at radius 3 is 2.55 bits per heavy atom. The summed E-state index contributed by atoms with van der Waals surface area (Å²) in [6, 6.07) is 1.84. The van der Waals surface area contributed by atoms with E-state index >= 15 is 0 Å². The molecular weight excluding hydrogens is 368 g/mol. The number of nitrogens with zero attached hydrogens (tertiary/aromatic N) is 7. The van der Waals surface area contributed by atoms with Gasteiger partial charge in [0.25, 0.3) is 0 Å². The molecule has 1 aliphatic rings. The maximum atomic E-state index is 5.18. The number of ether oxygens (including phenoxy) is 1. The van der Waals surface area contributed by atoms with Crippen LogP contribution in [-0.4, -0.2) is 77.0 Å². The van der Waals surface area contributed by atoms with E-state index < -0.39 is 0 Å². The van der Waals surface area contributed by atoms with Crippen LogP contribution in [0.1, 0.15) is 23.9 Å². The normalized spacial score (nSPS) is 15.1. The van der Waals surface area contributed by atoms with Crippen LogP contribution in [0.5, 0.6) is 0 Å². The number of anilines is 1. The lowest BCUT2D eigenvalue weighted by atomic mass is 10.2. The number of hydrogen-bond donors (Lipinski definition) is 1. The Bertz CT molecular complexity index is 796. The summed E-state index contributed by atoms with van der Waals surface area (Å²) in [5, 5.41) is 8.08. The molecule has 1 saturated heterocycles. The van der Waals surface area contributed by atoms with Gasteiger partial charge in [0.05, 0.1) is 25.4 Å². The Kier molecular flexibility index (Phi) is 7.40. The molecule has 158 valence electrons. The van der Waals surface area contributed by atoms with Gasteiger partial charge in [-0.15, -0.1) is 0 Å². The van der Waals surface area contributed by atoms with Crippen LogP contribution in [0.4, 0.5) is 5.95 Å². The standard InChI is InChI=1S/C20H32N8O/c1-5-21-19(24-15-18-16(2)25-28(17(18)3)13-14-29-4)26-9-11-27(12-10-26)20-22-7-6-8-23-20/h6-8H,5,9-15H2,1-4H3,(H,21,24). The summed E-state index contributed by atoms with van der Waals surface area (Å²) >= 11 is 0. The molecule has 2 aromatic heterocycles. The van der Waals surface area contributed by atoms with E-state index in [9.17, 15) is 0 Å². The molecule has 3 rings (SSSR count). The summed E-state index contributed by atoms with van der Waals surface area (Å²) in [5.74, 6) is 1.74. The van der Waals surface area contributed by atoms with Crippen molar-refractivity contribution in [3.8, 4) is 0 Å². The summed E-state index contributed by atoms with van der Waals surface area (Å²) in [6.45, 7) is 12.6. The van der Waals surface area contributed by atoms with Crippen molar-refractivity contribution in [1.29, 1.82) is 0 Å². The van der Waals surface area contributed by atoms with E-state index in [-0.39, 0.29) is 0 Å². The highest BCUT2D eigenvalue weighted by molar-refractivity contribution is 5.80. The molecule has 0 saturated carbocycles. The average molecular weight is 401 g/mol. The van der Waals surface area contributed by atoms with Gasteiger partial charge in [-0.1, -0.05) is 0 Å². The lowest BCUT2D eigenvalue weighted by Crippen LogP contribution is -2.53. The third kappa shape index (κ3) is 5.23. The van der Waals surface area contributed by atoms with E-state index in [1.54, 1.807) is 19.5 Å². The molecule has 0 aliphatic carbocycles. The molecule has 9 heteroatoms. The van der Waals surface area contributed by atoms with E-state index in [4.69, 9.17) is 9.73 Å². The van der Waals surface area contributed by atoms with Gasteiger partial charge in [0.1, 0.15) is 0 Å². The maximum absolute atomic E-state index is 5.18. The average Bonchev–Trinajstić information content (AvgIpc) is 3.03. The Morgan fingerprint density at radius 2 is 1.90 bits per heavy atom. The predicted octanol–water partition coefficient (Wildman–Crippen LogP) is 1.22. The van der Waals surface area contributed by atoms with Crippen molar-refractivity contribution in [2.75, 3.05) is 51.3 Å². The quantitative estimate of drug-likeness (QED) is 0.553. The van der Waals surface area contributed by atoms with Crippen molar-refractivity contribution < 1.29 is 4.74 Å². The smallest absolute Gasteiger partial charge is 0.225 e. The molecule has 1 N–H and O–H groups in total. The zero-order chi connectivity index (χ0) is 20.6. The van der Waals surface area contributed by atoms with Gasteiger partial charge in [-0.3, -0.25) is 4.68 Å². The Labute approximate surface area is 172 Å². The van der Waals surface area contributed by atoms with Gasteiger partial charge in [-0.2, -0.15) is 5.10 Å².